The number of carbonyl (C=O) groups is 1. The summed E-state index contributed by atoms with van der Waals surface area (Å²) in [7, 11) is 1.61. The van der Waals surface area contributed by atoms with Crippen LogP contribution in [0.5, 0.6) is 0 Å². The van der Waals surface area contributed by atoms with Crippen molar-refractivity contribution in [2.75, 3.05) is 20.3 Å². The number of amides is 1. The summed E-state index contributed by atoms with van der Waals surface area (Å²) in [4.78, 5) is 11.5. The molecule has 0 bridgehead atoms. The highest BCUT2D eigenvalue weighted by atomic mass is 16.5. The second-order valence-corrected chi connectivity index (χ2v) is 3.09. The minimum Gasteiger partial charge on any atom is -0.383 e. The Bertz CT molecular complexity index is 270. The van der Waals surface area contributed by atoms with Gasteiger partial charge in [-0.15, -0.1) is 0 Å². The van der Waals surface area contributed by atoms with Crippen molar-refractivity contribution in [2.24, 2.45) is 0 Å². The lowest BCUT2D eigenvalue weighted by Gasteiger charge is -2.13. The fourth-order valence-electron chi connectivity index (χ4n) is 1.17. The van der Waals surface area contributed by atoms with Gasteiger partial charge in [0.05, 0.1) is 6.61 Å². The van der Waals surface area contributed by atoms with Gasteiger partial charge in [-0.1, -0.05) is 0 Å². The zero-order chi connectivity index (χ0) is 10.4. The topological polar surface area (TPSA) is 43.3 Å². The average Bonchev–Trinajstić information content (AvgIpc) is 2.69. The molecule has 1 aromatic heterocycles. The molecule has 0 saturated heterocycles. The number of nitrogens with zero attached hydrogens (tertiary/aromatic N) is 1. The molecule has 0 radical (unpaired) electrons. The van der Waals surface area contributed by atoms with E-state index in [1.807, 2.05) is 36.0 Å². The van der Waals surface area contributed by atoms with Crippen molar-refractivity contribution in [3.63, 3.8) is 0 Å². The Morgan fingerprint density at radius 3 is 2.71 bits per heavy atom. The lowest BCUT2D eigenvalue weighted by Crippen LogP contribution is -2.32. The molecular weight excluding hydrogens is 180 g/mol. The maximum absolute atomic E-state index is 11.5. The first-order valence-electron chi connectivity index (χ1n) is 4.65. The fraction of sp³-hybridized carbons (Fsp3) is 0.500. The molecule has 78 valence electrons. The van der Waals surface area contributed by atoms with E-state index in [9.17, 15) is 4.79 Å². The number of ether oxygens (including phenoxy) is 1. The molecule has 0 aliphatic heterocycles. The second-order valence-electron chi connectivity index (χ2n) is 3.09. The van der Waals surface area contributed by atoms with Crippen molar-refractivity contribution in [3.05, 3.63) is 24.5 Å². The van der Waals surface area contributed by atoms with E-state index in [1.54, 1.807) is 7.11 Å². The van der Waals surface area contributed by atoms with E-state index >= 15 is 0 Å². The van der Waals surface area contributed by atoms with Crippen LogP contribution in [0.3, 0.4) is 0 Å². The van der Waals surface area contributed by atoms with Gasteiger partial charge >= 0.3 is 0 Å². The summed E-state index contributed by atoms with van der Waals surface area (Å²) in [6.07, 6.45) is 3.75. The Morgan fingerprint density at radius 2 is 2.14 bits per heavy atom. The number of rotatable bonds is 5. The first kappa shape index (κ1) is 10.8. The normalized spacial score (nSPS) is 12.4. The standard InChI is InChI=1S/C10H16N2O2/c1-9(12-6-3-4-7-12)10(13)11-5-8-14-2/h3-4,6-7,9H,5,8H2,1-2H3,(H,11,13). The lowest BCUT2D eigenvalue weighted by atomic mass is 10.3. The van der Waals surface area contributed by atoms with Crippen LogP contribution >= 0.6 is 0 Å². The Morgan fingerprint density at radius 1 is 1.50 bits per heavy atom. The van der Waals surface area contributed by atoms with Crippen LogP contribution in [0.4, 0.5) is 0 Å². The maximum atomic E-state index is 11.5. The van der Waals surface area contributed by atoms with E-state index in [0.717, 1.165) is 0 Å². The van der Waals surface area contributed by atoms with Gasteiger partial charge in [-0.3, -0.25) is 4.79 Å². The van der Waals surface area contributed by atoms with Crippen LogP contribution in [0.15, 0.2) is 24.5 Å². The number of hydrogen-bond acceptors (Lipinski definition) is 2. The van der Waals surface area contributed by atoms with Gasteiger partial charge in [0.15, 0.2) is 0 Å². The summed E-state index contributed by atoms with van der Waals surface area (Å²) in [6.45, 7) is 2.97. The zero-order valence-corrected chi connectivity index (χ0v) is 8.56. The lowest BCUT2D eigenvalue weighted by molar-refractivity contribution is -0.124. The minimum atomic E-state index is -0.165. The molecule has 0 spiro atoms. The number of nitrogens with one attached hydrogen (secondary N) is 1. The molecule has 0 aromatic carbocycles. The van der Waals surface area contributed by atoms with E-state index < -0.39 is 0 Å². The number of hydrogen-bond donors (Lipinski definition) is 1. The van der Waals surface area contributed by atoms with E-state index in [4.69, 9.17) is 4.74 Å². The summed E-state index contributed by atoms with van der Waals surface area (Å²) in [5, 5.41) is 2.79. The molecule has 4 nitrogen and oxygen atoms in total. The molecule has 0 aliphatic carbocycles. The van der Waals surface area contributed by atoms with Crippen LogP contribution in [0, 0.1) is 0 Å². The largest absolute Gasteiger partial charge is 0.383 e. The monoisotopic (exact) mass is 196 g/mol. The molecule has 1 N–H and O–H groups in total. The Labute approximate surface area is 83.9 Å². The van der Waals surface area contributed by atoms with Crippen LogP contribution in [-0.2, 0) is 9.53 Å². The highest BCUT2D eigenvalue weighted by Crippen LogP contribution is 2.04. The summed E-state index contributed by atoms with van der Waals surface area (Å²) in [6, 6.07) is 3.64. The van der Waals surface area contributed by atoms with Crippen LogP contribution in [0.25, 0.3) is 0 Å². The SMILES string of the molecule is COCCNC(=O)C(C)n1cccc1. The van der Waals surface area contributed by atoms with Gasteiger partial charge in [0.2, 0.25) is 5.91 Å². The van der Waals surface area contributed by atoms with Crippen LogP contribution in [0.1, 0.15) is 13.0 Å². The van der Waals surface area contributed by atoms with Gasteiger partial charge < -0.3 is 14.6 Å². The summed E-state index contributed by atoms with van der Waals surface area (Å²) < 4.78 is 6.70. The maximum Gasteiger partial charge on any atom is 0.242 e. The molecule has 1 rings (SSSR count). The van der Waals surface area contributed by atoms with Crippen LogP contribution in [0.2, 0.25) is 0 Å². The van der Waals surface area contributed by atoms with Crippen molar-refractivity contribution in [2.45, 2.75) is 13.0 Å². The molecule has 0 fully saturated rings. The van der Waals surface area contributed by atoms with Gasteiger partial charge in [0, 0.05) is 26.0 Å². The molecule has 4 heteroatoms. The average molecular weight is 196 g/mol. The third-order valence-corrected chi connectivity index (χ3v) is 2.06. The molecular formula is C10H16N2O2. The van der Waals surface area contributed by atoms with Crippen molar-refractivity contribution in [1.29, 1.82) is 0 Å². The smallest absolute Gasteiger partial charge is 0.242 e. The molecule has 14 heavy (non-hydrogen) atoms. The van der Waals surface area contributed by atoms with E-state index in [1.165, 1.54) is 0 Å². The molecule has 1 unspecified atom stereocenters. The highest BCUT2D eigenvalue weighted by molar-refractivity contribution is 5.79. The summed E-state index contributed by atoms with van der Waals surface area (Å²) in [5.41, 5.74) is 0. The van der Waals surface area contributed by atoms with Crippen molar-refractivity contribution < 1.29 is 9.53 Å². The third kappa shape index (κ3) is 2.88. The molecule has 0 saturated carbocycles. The van der Waals surface area contributed by atoms with E-state index in [-0.39, 0.29) is 11.9 Å². The van der Waals surface area contributed by atoms with Gasteiger partial charge in [-0.25, -0.2) is 0 Å². The Balaban J connectivity index is 2.37. The van der Waals surface area contributed by atoms with Crippen molar-refractivity contribution >= 4 is 5.91 Å². The molecule has 1 heterocycles. The molecule has 0 aliphatic rings. The Hall–Kier alpha value is -1.29. The predicted octanol–water partition coefficient (Wildman–Crippen LogP) is 0.812. The Kier molecular flexibility index (Phi) is 4.19. The van der Waals surface area contributed by atoms with Gasteiger partial charge in [0.1, 0.15) is 6.04 Å². The van der Waals surface area contributed by atoms with Crippen LogP contribution in [-0.4, -0.2) is 30.7 Å². The summed E-state index contributed by atoms with van der Waals surface area (Å²) in [5.74, 6) is 0.0123. The van der Waals surface area contributed by atoms with E-state index in [0.29, 0.717) is 13.2 Å². The van der Waals surface area contributed by atoms with Gasteiger partial charge in [-0.2, -0.15) is 0 Å². The fourth-order valence-corrected chi connectivity index (χ4v) is 1.17. The second kappa shape index (κ2) is 5.44. The number of aromatic nitrogens is 1. The zero-order valence-electron chi connectivity index (χ0n) is 8.56. The minimum absolute atomic E-state index is 0.0123. The molecule has 1 amide bonds. The first-order chi connectivity index (χ1) is 6.75. The molecule has 1 atom stereocenters. The highest BCUT2D eigenvalue weighted by Gasteiger charge is 2.12. The van der Waals surface area contributed by atoms with Gasteiger partial charge in [0.25, 0.3) is 0 Å². The van der Waals surface area contributed by atoms with Crippen molar-refractivity contribution in [1.82, 2.24) is 9.88 Å². The van der Waals surface area contributed by atoms with E-state index in [2.05, 4.69) is 5.32 Å². The first-order valence-corrected chi connectivity index (χ1v) is 4.65. The van der Waals surface area contributed by atoms with Gasteiger partial charge in [-0.05, 0) is 19.1 Å². The van der Waals surface area contributed by atoms with Crippen molar-refractivity contribution in [3.8, 4) is 0 Å². The third-order valence-electron chi connectivity index (χ3n) is 2.06. The quantitative estimate of drug-likeness (QED) is 0.708. The molecule has 1 aromatic rings. The number of methoxy groups -OCH3 is 1. The number of carbonyl (C=O) groups excluding carboxylic acids is 1. The predicted molar refractivity (Wildman–Crippen MR) is 54.0 cm³/mol. The summed E-state index contributed by atoms with van der Waals surface area (Å²) >= 11 is 0. The van der Waals surface area contributed by atoms with Crippen LogP contribution < -0.4 is 5.32 Å².